The third kappa shape index (κ3) is 4.41. The molecule has 0 aliphatic rings. The van der Waals surface area contributed by atoms with E-state index in [1.165, 1.54) is 6.20 Å². The van der Waals surface area contributed by atoms with Crippen LogP contribution in [0.15, 0.2) is 30.5 Å². The zero-order chi connectivity index (χ0) is 15.8. The Morgan fingerprint density at radius 3 is 2.91 bits per heavy atom. The van der Waals surface area contributed by atoms with Crippen molar-refractivity contribution >= 4 is 11.8 Å². The lowest BCUT2D eigenvalue weighted by molar-refractivity contribution is 0.0512. The summed E-state index contributed by atoms with van der Waals surface area (Å²) in [6, 6.07) is 7.31. The van der Waals surface area contributed by atoms with Crippen molar-refractivity contribution in [3.8, 4) is 5.88 Å². The Bertz CT molecular complexity index is 634. The summed E-state index contributed by atoms with van der Waals surface area (Å²) in [6.45, 7) is 2.65. The van der Waals surface area contributed by atoms with Crippen LogP contribution in [0.3, 0.4) is 0 Å². The van der Waals surface area contributed by atoms with Crippen molar-refractivity contribution in [1.29, 1.82) is 0 Å². The van der Waals surface area contributed by atoms with Crippen LogP contribution in [0.2, 0.25) is 0 Å². The Kier molecular flexibility index (Phi) is 5.65. The van der Waals surface area contributed by atoms with Gasteiger partial charge < -0.3 is 14.8 Å². The maximum atomic E-state index is 11.6. The molecule has 2 aromatic heterocycles. The van der Waals surface area contributed by atoms with Gasteiger partial charge in [0.2, 0.25) is 11.7 Å². The molecule has 7 heteroatoms. The second-order valence-electron chi connectivity index (χ2n) is 4.33. The Balaban J connectivity index is 1.91. The quantitative estimate of drug-likeness (QED) is 0.779. The highest BCUT2D eigenvalue weighted by molar-refractivity contribution is 5.85. The van der Waals surface area contributed by atoms with Crippen LogP contribution < -0.4 is 10.1 Å². The van der Waals surface area contributed by atoms with E-state index in [1.807, 2.05) is 12.1 Å². The summed E-state index contributed by atoms with van der Waals surface area (Å²) in [5, 5.41) is 3.13. The van der Waals surface area contributed by atoms with Crippen LogP contribution in [0.4, 0.5) is 5.82 Å². The highest BCUT2D eigenvalue weighted by Crippen LogP contribution is 2.08. The van der Waals surface area contributed by atoms with Gasteiger partial charge in [0.25, 0.3) is 0 Å². The van der Waals surface area contributed by atoms with Gasteiger partial charge in [-0.05, 0) is 19.1 Å². The molecule has 0 saturated carbocycles. The van der Waals surface area contributed by atoms with Crippen LogP contribution in [-0.2, 0) is 11.2 Å². The number of nitrogens with one attached hydrogen (secondary N) is 1. The minimum Gasteiger partial charge on any atom is -0.481 e. The average Bonchev–Trinajstić information content (AvgIpc) is 2.55. The molecule has 2 aromatic rings. The van der Waals surface area contributed by atoms with Crippen LogP contribution in [0.1, 0.15) is 23.2 Å². The second kappa shape index (κ2) is 7.92. The van der Waals surface area contributed by atoms with E-state index in [4.69, 9.17) is 9.47 Å². The molecular formula is C15H18N4O3. The molecule has 0 amide bonds. The van der Waals surface area contributed by atoms with Gasteiger partial charge in [-0.1, -0.05) is 6.07 Å². The van der Waals surface area contributed by atoms with Crippen LogP contribution in [0.5, 0.6) is 5.88 Å². The number of anilines is 1. The number of pyridine rings is 1. The number of nitrogens with zero attached hydrogens (tertiary/aromatic N) is 3. The Labute approximate surface area is 128 Å². The number of rotatable bonds is 7. The molecule has 2 heterocycles. The first-order valence-electron chi connectivity index (χ1n) is 6.97. The summed E-state index contributed by atoms with van der Waals surface area (Å²) < 4.78 is 9.95. The lowest BCUT2D eigenvalue weighted by Crippen LogP contribution is -2.13. The summed E-state index contributed by atoms with van der Waals surface area (Å²) >= 11 is 0. The van der Waals surface area contributed by atoms with E-state index >= 15 is 0 Å². The highest BCUT2D eigenvalue weighted by atomic mass is 16.5. The summed E-state index contributed by atoms with van der Waals surface area (Å²) in [6.07, 6.45) is 2.22. The molecule has 0 saturated heterocycles. The zero-order valence-electron chi connectivity index (χ0n) is 12.6. The van der Waals surface area contributed by atoms with E-state index in [0.717, 1.165) is 5.69 Å². The first-order valence-corrected chi connectivity index (χ1v) is 6.97. The lowest BCUT2D eigenvalue weighted by Gasteiger charge is -2.07. The molecule has 0 aliphatic carbocycles. The number of aromatic nitrogens is 3. The number of methoxy groups -OCH3 is 1. The third-order valence-electron chi connectivity index (χ3n) is 2.79. The predicted octanol–water partition coefficient (Wildman–Crippen LogP) is 1.71. The lowest BCUT2D eigenvalue weighted by atomic mass is 10.2. The van der Waals surface area contributed by atoms with Crippen molar-refractivity contribution in [3.05, 3.63) is 42.0 Å². The van der Waals surface area contributed by atoms with Gasteiger partial charge in [0, 0.05) is 30.9 Å². The normalized spacial score (nSPS) is 10.1. The van der Waals surface area contributed by atoms with Crippen LogP contribution >= 0.6 is 0 Å². The molecule has 2 rings (SSSR count). The van der Waals surface area contributed by atoms with Gasteiger partial charge in [0.15, 0.2) is 0 Å². The topological polar surface area (TPSA) is 86.2 Å². The van der Waals surface area contributed by atoms with Gasteiger partial charge in [-0.25, -0.2) is 19.7 Å². The highest BCUT2D eigenvalue weighted by Gasteiger charge is 2.10. The van der Waals surface area contributed by atoms with Crippen LogP contribution in [0.25, 0.3) is 0 Å². The van der Waals surface area contributed by atoms with E-state index < -0.39 is 5.97 Å². The molecule has 1 N–H and O–H groups in total. The standard InChI is InChI=1S/C15H18N4O3/c1-3-22-15(20)14-17-10-8-12(19-14)16-9-7-11-5-4-6-13(18-11)21-2/h4-6,8,10H,3,7,9H2,1-2H3,(H,16,17,19). The molecule has 0 atom stereocenters. The fourth-order valence-corrected chi connectivity index (χ4v) is 1.78. The van der Waals surface area contributed by atoms with Crippen molar-refractivity contribution in [2.24, 2.45) is 0 Å². The van der Waals surface area contributed by atoms with E-state index in [1.54, 1.807) is 26.2 Å². The van der Waals surface area contributed by atoms with E-state index in [9.17, 15) is 4.79 Å². The summed E-state index contributed by atoms with van der Waals surface area (Å²) in [7, 11) is 1.59. The SMILES string of the molecule is CCOC(=O)c1nccc(NCCc2cccc(OC)n2)n1. The monoisotopic (exact) mass is 302 g/mol. The molecule has 0 spiro atoms. The van der Waals surface area contributed by atoms with Crippen LogP contribution in [0, 0.1) is 0 Å². The zero-order valence-corrected chi connectivity index (χ0v) is 12.6. The van der Waals surface area contributed by atoms with Gasteiger partial charge in [0.05, 0.1) is 13.7 Å². The maximum absolute atomic E-state index is 11.6. The maximum Gasteiger partial charge on any atom is 0.376 e. The van der Waals surface area contributed by atoms with Crippen molar-refractivity contribution in [2.75, 3.05) is 25.6 Å². The largest absolute Gasteiger partial charge is 0.481 e. The van der Waals surface area contributed by atoms with Gasteiger partial charge >= 0.3 is 5.97 Å². The molecule has 116 valence electrons. The van der Waals surface area contributed by atoms with Gasteiger partial charge in [0.1, 0.15) is 5.82 Å². The summed E-state index contributed by atoms with van der Waals surface area (Å²) in [5.41, 5.74) is 0.909. The Morgan fingerprint density at radius 1 is 1.27 bits per heavy atom. The number of esters is 1. The third-order valence-corrected chi connectivity index (χ3v) is 2.79. The fraction of sp³-hybridized carbons (Fsp3) is 0.333. The van der Waals surface area contributed by atoms with E-state index in [2.05, 4.69) is 20.3 Å². The molecule has 0 radical (unpaired) electrons. The molecule has 0 fully saturated rings. The van der Waals surface area contributed by atoms with Gasteiger partial charge in [-0.3, -0.25) is 0 Å². The number of hydrogen-bond donors (Lipinski definition) is 1. The minimum absolute atomic E-state index is 0.0476. The second-order valence-corrected chi connectivity index (χ2v) is 4.33. The predicted molar refractivity (Wildman–Crippen MR) is 81.0 cm³/mol. The molecule has 0 aromatic carbocycles. The molecule has 7 nitrogen and oxygen atoms in total. The molecule has 22 heavy (non-hydrogen) atoms. The summed E-state index contributed by atoms with van der Waals surface area (Å²) in [4.78, 5) is 23.9. The fourth-order valence-electron chi connectivity index (χ4n) is 1.78. The van der Waals surface area contributed by atoms with Crippen molar-refractivity contribution in [1.82, 2.24) is 15.0 Å². The first-order chi connectivity index (χ1) is 10.7. The molecule has 0 bridgehead atoms. The van der Waals surface area contributed by atoms with E-state index in [-0.39, 0.29) is 5.82 Å². The van der Waals surface area contributed by atoms with Gasteiger partial charge in [-0.15, -0.1) is 0 Å². The van der Waals surface area contributed by atoms with Crippen molar-refractivity contribution in [3.63, 3.8) is 0 Å². The number of ether oxygens (including phenoxy) is 2. The Morgan fingerprint density at radius 2 is 2.14 bits per heavy atom. The van der Waals surface area contributed by atoms with Gasteiger partial charge in [-0.2, -0.15) is 0 Å². The number of carbonyl (C=O) groups is 1. The van der Waals surface area contributed by atoms with Crippen molar-refractivity contribution < 1.29 is 14.3 Å². The number of carbonyl (C=O) groups excluding carboxylic acids is 1. The molecule has 0 unspecified atom stereocenters. The number of hydrogen-bond acceptors (Lipinski definition) is 7. The first kappa shape index (κ1) is 15.7. The Hall–Kier alpha value is -2.70. The van der Waals surface area contributed by atoms with E-state index in [0.29, 0.717) is 31.3 Å². The van der Waals surface area contributed by atoms with Crippen molar-refractivity contribution in [2.45, 2.75) is 13.3 Å². The summed E-state index contributed by atoms with van der Waals surface area (Å²) in [5.74, 6) is 0.678. The molecule has 0 aliphatic heterocycles. The van der Waals surface area contributed by atoms with Crippen LogP contribution in [-0.4, -0.2) is 41.2 Å². The minimum atomic E-state index is -0.527. The molecular weight excluding hydrogens is 284 g/mol. The average molecular weight is 302 g/mol. The smallest absolute Gasteiger partial charge is 0.376 e.